The van der Waals surface area contributed by atoms with Gasteiger partial charge in [-0.25, -0.2) is 0 Å². The molecule has 0 aliphatic carbocycles. The molecule has 0 atom stereocenters. The highest BCUT2D eigenvalue weighted by Gasteiger charge is 2.36. The summed E-state index contributed by atoms with van der Waals surface area (Å²) in [6.45, 7) is 7.51. The van der Waals surface area contributed by atoms with Gasteiger partial charge in [0.2, 0.25) is 0 Å². The predicted octanol–water partition coefficient (Wildman–Crippen LogP) is 3.47. The van der Waals surface area contributed by atoms with Crippen LogP contribution in [0.3, 0.4) is 0 Å². The van der Waals surface area contributed by atoms with Crippen molar-refractivity contribution in [1.29, 1.82) is 0 Å². The minimum absolute atomic E-state index is 0.603. The summed E-state index contributed by atoms with van der Waals surface area (Å²) in [7, 11) is 0. The number of rotatable bonds is 5. The maximum absolute atomic E-state index is 11.4. The lowest BCUT2D eigenvalue weighted by molar-refractivity contribution is -0.144. The quantitative estimate of drug-likeness (QED) is 0.821. The molecular weight excluding hydrogens is 200 g/mol. The Bertz CT molecular complexity index is 372. The summed E-state index contributed by atoms with van der Waals surface area (Å²) in [4.78, 5) is 11.4. The maximum atomic E-state index is 11.4. The van der Waals surface area contributed by atoms with E-state index in [-0.39, 0.29) is 0 Å². The van der Waals surface area contributed by atoms with Crippen molar-refractivity contribution < 1.29 is 9.90 Å². The summed E-state index contributed by atoms with van der Waals surface area (Å²) in [6.07, 6.45) is 2.96. The minimum atomic E-state index is -0.750. The Hall–Kier alpha value is -1.57. The van der Waals surface area contributed by atoms with Gasteiger partial charge in [-0.15, -0.1) is 0 Å². The van der Waals surface area contributed by atoms with Crippen LogP contribution in [0.2, 0.25) is 0 Å². The molecule has 0 aliphatic rings. The molecule has 0 bridgehead atoms. The van der Waals surface area contributed by atoms with E-state index >= 15 is 0 Å². The molecule has 2 heteroatoms. The zero-order chi connectivity index (χ0) is 12.2. The van der Waals surface area contributed by atoms with Crippen molar-refractivity contribution in [2.75, 3.05) is 0 Å². The third-order valence-electron chi connectivity index (χ3n) is 3.32. The van der Waals surface area contributed by atoms with Gasteiger partial charge in [-0.3, -0.25) is 4.79 Å². The minimum Gasteiger partial charge on any atom is -0.481 e. The summed E-state index contributed by atoms with van der Waals surface area (Å²) >= 11 is 0. The smallest absolute Gasteiger partial charge is 0.314 e. The second kappa shape index (κ2) is 4.97. The van der Waals surface area contributed by atoms with Gasteiger partial charge in [0.05, 0.1) is 5.41 Å². The second-order valence-electron chi connectivity index (χ2n) is 3.92. The Morgan fingerprint density at radius 3 is 2.12 bits per heavy atom. The number of aliphatic carboxylic acids is 1. The van der Waals surface area contributed by atoms with Gasteiger partial charge in [-0.1, -0.05) is 50.8 Å². The highest BCUT2D eigenvalue weighted by Crippen LogP contribution is 2.32. The normalized spacial score (nSPS) is 11.1. The first-order valence-electron chi connectivity index (χ1n) is 5.57. The summed E-state index contributed by atoms with van der Waals surface area (Å²) < 4.78 is 0. The summed E-state index contributed by atoms with van der Waals surface area (Å²) in [5.74, 6) is -0.746. The topological polar surface area (TPSA) is 37.3 Å². The molecule has 0 radical (unpaired) electrons. The molecule has 0 spiro atoms. The first-order valence-corrected chi connectivity index (χ1v) is 5.57. The highest BCUT2D eigenvalue weighted by molar-refractivity contribution is 5.81. The van der Waals surface area contributed by atoms with Crippen LogP contribution in [0, 0.1) is 0 Å². The van der Waals surface area contributed by atoms with Crippen LogP contribution in [0.15, 0.2) is 30.8 Å². The molecule has 0 fully saturated rings. The van der Waals surface area contributed by atoms with Crippen molar-refractivity contribution in [2.24, 2.45) is 0 Å². The van der Waals surface area contributed by atoms with Crippen molar-refractivity contribution in [3.05, 3.63) is 42.0 Å². The molecule has 86 valence electrons. The van der Waals surface area contributed by atoms with Crippen LogP contribution in [0.4, 0.5) is 0 Å². The van der Waals surface area contributed by atoms with Crippen LogP contribution in [0.5, 0.6) is 0 Å². The first kappa shape index (κ1) is 12.5. The second-order valence-corrected chi connectivity index (χ2v) is 3.92. The molecule has 1 aromatic rings. The van der Waals surface area contributed by atoms with Crippen LogP contribution >= 0.6 is 0 Å². The average Bonchev–Trinajstić information content (AvgIpc) is 2.32. The molecule has 1 aromatic carbocycles. The molecule has 0 aliphatic heterocycles. The fourth-order valence-electron chi connectivity index (χ4n) is 2.02. The third kappa shape index (κ3) is 2.01. The van der Waals surface area contributed by atoms with E-state index in [0.29, 0.717) is 12.8 Å². The molecule has 0 heterocycles. The van der Waals surface area contributed by atoms with Crippen molar-refractivity contribution in [1.82, 2.24) is 0 Å². The zero-order valence-electron chi connectivity index (χ0n) is 9.86. The fraction of sp³-hybridized carbons (Fsp3) is 0.357. The van der Waals surface area contributed by atoms with Crippen LogP contribution < -0.4 is 0 Å². The van der Waals surface area contributed by atoms with E-state index in [9.17, 15) is 9.90 Å². The lowest BCUT2D eigenvalue weighted by Gasteiger charge is -2.27. The van der Waals surface area contributed by atoms with E-state index in [1.54, 1.807) is 6.08 Å². The first-order chi connectivity index (χ1) is 7.60. The molecule has 2 nitrogen and oxygen atoms in total. The van der Waals surface area contributed by atoms with Crippen molar-refractivity contribution in [3.8, 4) is 0 Å². The zero-order valence-corrected chi connectivity index (χ0v) is 9.86. The number of hydrogen-bond acceptors (Lipinski definition) is 1. The Balaban J connectivity index is 3.20. The van der Waals surface area contributed by atoms with Gasteiger partial charge in [0, 0.05) is 0 Å². The molecule has 1 N–H and O–H groups in total. The Morgan fingerprint density at radius 2 is 1.81 bits per heavy atom. The van der Waals surface area contributed by atoms with Gasteiger partial charge in [0.1, 0.15) is 0 Å². The predicted molar refractivity (Wildman–Crippen MR) is 66.4 cm³/mol. The van der Waals surface area contributed by atoms with E-state index in [4.69, 9.17) is 0 Å². The van der Waals surface area contributed by atoms with Crippen LogP contribution in [0.25, 0.3) is 6.08 Å². The fourth-order valence-corrected chi connectivity index (χ4v) is 2.02. The standard InChI is InChI=1S/C14H18O2/c1-4-11-7-9-12(10-8-11)14(5-2,6-3)13(15)16/h4,7-10H,1,5-6H2,2-3H3,(H,15,16). The molecule has 16 heavy (non-hydrogen) atoms. The number of hydrogen-bond donors (Lipinski definition) is 1. The monoisotopic (exact) mass is 218 g/mol. The van der Waals surface area contributed by atoms with Gasteiger partial charge in [-0.2, -0.15) is 0 Å². The number of carbonyl (C=O) groups is 1. The van der Waals surface area contributed by atoms with Gasteiger partial charge >= 0.3 is 5.97 Å². The van der Waals surface area contributed by atoms with Crippen molar-refractivity contribution in [3.63, 3.8) is 0 Å². The lowest BCUT2D eigenvalue weighted by Crippen LogP contribution is -2.34. The molecule has 0 aromatic heterocycles. The summed E-state index contributed by atoms with van der Waals surface area (Å²) in [5.41, 5.74) is 1.13. The molecule has 0 saturated carbocycles. The summed E-state index contributed by atoms with van der Waals surface area (Å²) in [6, 6.07) is 7.59. The Morgan fingerprint density at radius 1 is 1.31 bits per heavy atom. The summed E-state index contributed by atoms with van der Waals surface area (Å²) in [5, 5.41) is 9.38. The molecule has 0 amide bonds. The van der Waals surface area contributed by atoms with E-state index in [0.717, 1.165) is 11.1 Å². The molecule has 0 unspecified atom stereocenters. The third-order valence-corrected chi connectivity index (χ3v) is 3.32. The van der Waals surface area contributed by atoms with Crippen molar-refractivity contribution in [2.45, 2.75) is 32.1 Å². The van der Waals surface area contributed by atoms with Crippen LogP contribution in [0.1, 0.15) is 37.8 Å². The van der Waals surface area contributed by atoms with Gasteiger partial charge in [-0.05, 0) is 24.0 Å². The van der Waals surface area contributed by atoms with Gasteiger partial charge < -0.3 is 5.11 Å². The molecule has 1 rings (SSSR count). The average molecular weight is 218 g/mol. The Kier molecular flexibility index (Phi) is 3.88. The van der Waals surface area contributed by atoms with E-state index in [1.807, 2.05) is 38.1 Å². The highest BCUT2D eigenvalue weighted by atomic mass is 16.4. The van der Waals surface area contributed by atoms with Gasteiger partial charge in [0.15, 0.2) is 0 Å². The largest absolute Gasteiger partial charge is 0.481 e. The van der Waals surface area contributed by atoms with Gasteiger partial charge in [0.25, 0.3) is 0 Å². The van der Waals surface area contributed by atoms with Crippen LogP contribution in [-0.4, -0.2) is 11.1 Å². The number of carboxylic acids is 1. The van der Waals surface area contributed by atoms with Crippen LogP contribution in [-0.2, 0) is 10.2 Å². The molecular formula is C14H18O2. The van der Waals surface area contributed by atoms with Crippen molar-refractivity contribution >= 4 is 12.0 Å². The number of carboxylic acid groups (broad SMARTS) is 1. The lowest BCUT2D eigenvalue weighted by atomic mass is 9.76. The maximum Gasteiger partial charge on any atom is 0.314 e. The van der Waals surface area contributed by atoms with E-state index in [2.05, 4.69) is 6.58 Å². The molecule has 0 saturated heterocycles. The Labute approximate surface area is 96.6 Å². The number of benzene rings is 1. The van der Waals surface area contributed by atoms with E-state index in [1.165, 1.54) is 0 Å². The van der Waals surface area contributed by atoms with E-state index < -0.39 is 11.4 Å². The SMILES string of the molecule is C=Cc1ccc(C(CC)(CC)C(=O)O)cc1.